The second kappa shape index (κ2) is 9.59. The Kier molecular flexibility index (Phi) is 6.67. The summed E-state index contributed by atoms with van der Waals surface area (Å²) in [6, 6.07) is 17.2. The van der Waals surface area contributed by atoms with Crippen molar-refractivity contribution in [2.75, 3.05) is 0 Å². The minimum atomic E-state index is 0.646. The van der Waals surface area contributed by atoms with E-state index in [-0.39, 0.29) is 0 Å². The molecule has 4 rings (SSSR count). The Morgan fingerprint density at radius 3 is 2.10 bits per heavy atom. The summed E-state index contributed by atoms with van der Waals surface area (Å²) >= 11 is 15.0. The number of aromatic nitrogens is 4. The molecular formula is C21H14Cl2N4S2. The lowest BCUT2D eigenvalue weighted by Crippen LogP contribution is -1.95. The fourth-order valence-corrected chi connectivity index (χ4v) is 4.29. The van der Waals surface area contributed by atoms with Gasteiger partial charge in [0.15, 0.2) is 10.3 Å². The predicted molar refractivity (Wildman–Crippen MR) is 120 cm³/mol. The molecule has 0 N–H and O–H groups in total. The highest BCUT2D eigenvalue weighted by atomic mass is 35.5. The van der Waals surface area contributed by atoms with Crippen LogP contribution in [0.5, 0.6) is 0 Å². The monoisotopic (exact) mass is 456 g/mol. The summed E-state index contributed by atoms with van der Waals surface area (Å²) in [6.45, 7) is 0. The van der Waals surface area contributed by atoms with E-state index in [2.05, 4.69) is 15.0 Å². The van der Waals surface area contributed by atoms with Crippen LogP contribution in [0.3, 0.4) is 0 Å². The van der Waals surface area contributed by atoms with Crippen LogP contribution in [-0.2, 0) is 5.75 Å². The fraction of sp³-hybridized carbons (Fsp3) is 0.0476. The van der Waals surface area contributed by atoms with Crippen molar-refractivity contribution in [1.82, 2.24) is 19.9 Å². The Morgan fingerprint density at radius 1 is 0.759 bits per heavy atom. The van der Waals surface area contributed by atoms with Gasteiger partial charge in [-0.2, -0.15) is 0 Å². The lowest BCUT2D eigenvalue weighted by atomic mass is 10.1. The van der Waals surface area contributed by atoms with Crippen LogP contribution in [-0.4, -0.2) is 19.9 Å². The van der Waals surface area contributed by atoms with Gasteiger partial charge >= 0.3 is 0 Å². The van der Waals surface area contributed by atoms with Crippen molar-refractivity contribution in [3.63, 3.8) is 0 Å². The second-order valence-electron chi connectivity index (χ2n) is 5.92. The molecule has 2 aromatic carbocycles. The third kappa shape index (κ3) is 5.48. The van der Waals surface area contributed by atoms with Crippen molar-refractivity contribution in [1.29, 1.82) is 0 Å². The summed E-state index contributed by atoms with van der Waals surface area (Å²) in [5, 5.41) is 2.75. The molecule has 0 amide bonds. The molecule has 0 aliphatic heterocycles. The van der Waals surface area contributed by atoms with E-state index in [1.165, 1.54) is 11.8 Å². The van der Waals surface area contributed by atoms with Gasteiger partial charge in [-0.05, 0) is 47.7 Å². The number of nitrogens with zero attached hydrogens (tertiary/aromatic N) is 4. The molecule has 0 bridgehead atoms. The van der Waals surface area contributed by atoms with E-state index in [9.17, 15) is 0 Å². The first-order valence-electron chi connectivity index (χ1n) is 8.62. The maximum absolute atomic E-state index is 6.06. The predicted octanol–water partition coefficient (Wildman–Crippen LogP) is 6.68. The summed E-state index contributed by atoms with van der Waals surface area (Å²) in [4.78, 5) is 18.8. The SMILES string of the molecule is Clc1ccc(CSc2ncc(Sc3ncccn3)c(-c3ccc(Cl)cc3)n2)cc1. The van der Waals surface area contributed by atoms with Gasteiger partial charge in [0, 0.05) is 40.0 Å². The van der Waals surface area contributed by atoms with E-state index in [0.717, 1.165) is 32.5 Å². The lowest BCUT2D eigenvalue weighted by molar-refractivity contribution is 0.927. The van der Waals surface area contributed by atoms with Crippen LogP contribution in [0.25, 0.3) is 11.3 Å². The van der Waals surface area contributed by atoms with E-state index in [1.807, 2.05) is 54.7 Å². The van der Waals surface area contributed by atoms with E-state index in [0.29, 0.717) is 15.3 Å². The number of thioether (sulfide) groups is 1. The highest BCUT2D eigenvalue weighted by Crippen LogP contribution is 2.34. The molecule has 4 nitrogen and oxygen atoms in total. The maximum atomic E-state index is 6.06. The van der Waals surface area contributed by atoms with Gasteiger partial charge in [0.05, 0.1) is 10.6 Å². The zero-order chi connectivity index (χ0) is 20.1. The van der Waals surface area contributed by atoms with Crippen LogP contribution in [0.4, 0.5) is 0 Å². The smallest absolute Gasteiger partial charge is 0.192 e. The standard InChI is InChI=1S/C21H14Cl2N4S2/c22-16-6-2-14(3-7-16)13-28-21-26-12-18(29-20-24-10-1-11-25-20)19(27-21)15-4-8-17(23)9-5-15/h1-12H,13H2. The molecule has 0 aliphatic rings. The molecule has 0 spiro atoms. The summed E-state index contributed by atoms with van der Waals surface area (Å²) in [6.07, 6.45) is 5.26. The van der Waals surface area contributed by atoms with Crippen LogP contribution in [0.2, 0.25) is 10.0 Å². The molecule has 0 saturated heterocycles. The summed E-state index contributed by atoms with van der Waals surface area (Å²) in [5.41, 5.74) is 2.95. The average Bonchev–Trinajstić information content (AvgIpc) is 2.75. The van der Waals surface area contributed by atoms with Crippen molar-refractivity contribution >= 4 is 46.7 Å². The molecule has 2 aromatic heterocycles. The highest BCUT2D eigenvalue weighted by Gasteiger charge is 2.13. The van der Waals surface area contributed by atoms with Gasteiger partial charge in [-0.25, -0.2) is 19.9 Å². The molecule has 2 heterocycles. The Hall–Kier alpha value is -2.12. The molecule has 0 unspecified atom stereocenters. The molecule has 0 fully saturated rings. The topological polar surface area (TPSA) is 51.6 Å². The van der Waals surface area contributed by atoms with Gasteiger partial charge in [-0.15, -0.1) is 0 Å². The fourth-order valence-electron chi connectivity index (χ4n) is 2.48. The maximum Gasteiger partial charge on any atom is 0.192 e. The molecular weight excluding hydrogens is 443 g/mol. The first-order valence-corrected chi connectivity index (χ1v) is 11.2. The number of rotatable bonds is 6. The van der Waals surface area contributed by atoms with Gasteiger partial charge < -0.3 is 0 Å². The summed E-state index contributed by atoms with van der Waals surface area (Å²) in [7, 11) is 0. The van der Waals surface area contributed by atoms with Gasteiger partial charge in [-0.1, -0.05) is 59.2 Å². The third-order valence-electron chi connectivity index (χ3n) is 3.88. The number of hydrogen-bond donors (Lipinski definition) is 0. The van der Waals surface area contributed by atoms with Crippen LogP contribution in [0.1, 0.15) is 5.56 Å². The van der Waals surface area contributed by atoms with Crippen molar-refractivity contribution in [3.05, 3.63) is 88.8 Å². The Balaban J connectivity index is 1.63. The average molecular weight is 457 g/mol. The second-order valence-corrected chi connectivity index (χ2v) is 8.75. The number of hydrogen-bond acceptors (Lipinski definition) is 6. The van der Waals surface area contributed by atoms with Crippen molar-refractivity contribution in [2.45, 2.75) is 21.0 Å². The molecule has 4 aromatic rings. The molecule has 0 atom stereocenters. The normalized spacial score (nSPS) is 10.8. The van der Waals surface area contributed by atoms with E-state index >= 15 is 0 Å². The first-order chi connectivity index (χ1) is 14.2. The zero-order valence-electron chi connectivity index (χ0n) is 15.0. The van der Waals surface area contributed by atoms with Gasteiger partial charge in [-0.3, -0.25) is 0 Å². The molecule has 0 aliphatic carbocycles. The minimum absolute atomic E-state index is 0.646. The van der Waals surface area contributed by atoms with Crippen LogP contribution >= 0.6 is 46.7 Å². The van der Waals surface area contributed by atoms with Crippen molar-refractivity contribution in [2.24, 2.45) is 0 Å². The largest absolute Gasteiger partial charge is 0.231 e. The lowest BCUT2D eigenvalue weighted by Gasteiger charge is -2.10. The number of benzene rings is 2. The molecule has 0 radical (unpaired) electrons. The molecule has 8 heteroatoms. The quantitative estimate of drug-likeness (QED) is 0.238. The molecule has 144 valence electrons. The van der Waals surface area contributed by atoms with E-state index in [1.54, 1.807) is 30.2 Å². The van der Waals surface area contributed by atoms with Crippen molar-refractivity contribution in [3.8, 4) is 11.3 Å². The Bertz CT molecular complexity index is 1090. The Morgan fingerprint density at radius 2 is 1.41 bits per heavy atom. The van der Waals surface area contributed by atoms with Crippen molar-refractivity contribution < 1.29 is 0 Å². The van der Waals surface area contributed by atoms with E-state index < -0.39 is 0 Å². The number of halogens is 2. The van der Waals surface area contributed by atoms with Gasteiger partial charge in [0.2, 0.25) is 0 Å². The first kappa shape index (κ1) is 20.2. The van der Waals surface area contributed by atoms with Crippen LogP contribution < -0.4 is 0 Å². The zero-order valence-corrected chi connectivity index (χ0v) is 18.1. The molecule has 29 heavy (non-hydrogen) atoms. The van der Waals surface area contributed by atoms with E-state index in [4.69, 9.17) is 28.2 Å². The summed E-state index contributed by atoms with van der Waals surface area (Å²) in [5.74, 6) is 0.755. The molecule has 0 saturated carbocycles. The van der Waals surface area contributed by atoms with Gasteiger partial charge in [0.1, 0.15) is 0 Å². The van der Waals surface area contributed by atoms with Crippen LogP contribution in [0.15, 0.2) is 88.4 Å². The van der Waals surface area contributed by atoms with Crippen LogP contribution in [0, 0.1) is 0 Å². The van der Waals surface area contributed by atoms with Gasteiger partial charge in [0.25, 0.3) is 0 Å². The minimum Gasteiger partial charge on any atom is -0.231 e. The highest BCUT2D eigenvalue weighted by molar-refractivity contribution is 7.99. The third-order valence-corrected chi connectivity index (χ3v) is 6.22. The summed E-state index contributed by atoms with van der Waals surface area (Å²) < 4.78 is 0. The Labute approximate surface area is 187 Å².